The summed E-state index contributed by atoms with van der Waals surface area (Å²) in [5.74, 6) is 0.769. The van der Waals surface area contributed by atoms with Crippen LogP contribution in [-0.2, 0) is 18.9 Å². The van der Waals surface area contributed by atoms with Crippen LogP contribution in [0.15, 0.2) is 47.6 Å². The number of nitrogens with one attached hydrogen (secondary N) is 2. The summed E-state index contributed by atoms with van der Waals surface area (Å²) in [6, 6.07) is 13.5. The molecule has 3 saturated carbocycles. The fourth-order valence-corrected chi connectivity index (χ4v) is 7.38. The van der Waals surface area contributed by atoms with Crippen molar-refractivity contribution in [3.63, 3.8) is 0 Å². The highest BCUT2D eigenvalue weighted by atomic mass is 16.7. The number of oxime groups is 1. The highest BCUT2D eigenvalue weighted by molar-refractivity contribution is 6.48. The van der Waals surface area contributed by atoms with Gasteiger partial charge < -0.3 is 24.8 Å². The number of rotatable bonds is 8. The summed E-state index contributed by atoms with van der Waals surface area (Å²) in [6.07, 6.45) is 2.57. The molecule has 2 amide bonds. The van der Waals surface area contributed by atoms with Gasteiger partial charge in [0.1, 0.15) is 0 Å². The molecule has 212 valence electrons. The summed E-state index contributed by atoms with van der Waals surface area (Å²) in [6.45, 7) is 11.4. The Morgan fingerprint density at radius 2 is 1.88 bits per heavy atom. The number of amides is 2. The molecule has 5 aliphatic rings. The molecule has 40 heavy (non-hydrogen) atoms. The first-order valence-electron chi connectivity index (χ1n) is 14.7. The minimum Gasteiger partial charge on any atom is -0.404 e. The van der Waals surface area contributed by atoms with Gasteiger partial charge in [0.25, 0.3) is 11.8 Å². The predicted molar refractivity (Wildman–Crippen MR) is 155 cm³/mol. The van der Waals surface area contributed by atoms with E-state index >= 15 is 0 Å². The first kappa shape index (κ1) is 27.3. The molecule has 1 saturated heterocycles. The standard InChI is InChI=1S/C31H40BN3O5/c1-18(2)12-27(32-38-26-15-22-14-25(30(22,3)4)31(26,5)40-32)34-29(37)24-16-23(35-39-24)17-33-28(36)21-11-10-19-8-6-7-9-20(19)13-21/h6-11,13,18,22,24-27H,12,14-17H2,1-5H3,(H,33,36)(H,34,37)/t22-,24?,25-,26+,27-,31-/m0/s1. The summed E-state index contributed by atoms with van der Waals surface area (Å²) in [5, 5.41) is 12.3. The Balaban J connectivity index is 1.04. The lowest BCUT2D eigenvalue weighted by Gasteiger charge is -2.64. The van der Waals surface area contributed by atoms with E-state index in [4.69, 9.17) is 14.1 Å². The summed E-state index contributed by atoms with van der Waals surface area (Å²) in [4.78, 5) is 31.5. The zero-order valence-electron chi connectivity index (χ0n) is 24.1. The van der Waals surface area contributed by atoms with E-state index < -0.39 is 13.2 Å². The highest BCUT2D eigenvalue weighted by Gasteiger charge is 2.68. The molecule has 3 aliphatic carbocycles. The van der Waals surface area contributed by atoms with Gasteiger partial charge in [-0.1, -0.05) is 63.2 Å². The average molecular weight is 545 g/mol. The second kappa shape index (κ2) is 10.2. The summed E-state index contributed by atoms with van der Waals surface area (Å²) < 4.78 is 13.2. The van der Waals surface area contributed by atoms with Gasteiger partial charge in [-0.2, -0.15) is 0 Å². The molecule has 2 heterocycles. The number of hydrogen-bond donors (Lipinski definition) is 2. The monoisotopic (exact) mass is 545 g/mol. The van der Waals surface area contributed by atoms with Crippen LogP contribution in [0.5, 0.6) is 0 Å². The number of carbonyl (C=O) groups is 2. The maximum atomic E-state index is 13.3. The SMILES string of the molecule is CC(C)C[C@H](NC(=O)C1CC(CNC(=O)c2ccc3ccccc3c2)=NO1)B1O[C@@H]2C[C@@H]3C[C@@H](C3(C)C)[C@]2(C)O1. The van der Waals surface area contributed by atoms with Gasteiger partial charge in [0.2, 0.25) is 6.10 Å². The number of hydrogen-bond acceptors (Lipinski definition) is 6. The fraction of sp³-hybridized carbons (Fsp3) is 0.581. The summed E-state index contributed by atoms with van der Waals surface area (Å²) in [7, 11) is -0.487. The highest BCUT2D eigenvalue weighted by Crippen LogP contribution is 2.65. The predicted octanol–water partition coefficient (Wildman–Crippen LogP) is 4.51. The molecule has 9 heteroatoms. The third-order valence-electron chi connectivity index (χ3n) is 9.84. The molecule has 2 bridgehead atoms. The van der Waals surface area contributed by atoms with Crippen LogP contribution in [0, 0.1) is 23.2 Å². The number of carbonyl (C=O) groups excluding carboxylic acids is 2. The largest absolute Gasteiger partial charge is 0.481 e. The van der Waals surface area contributed by atoms with Gasteiger partial charge in [-0.15, -0.1) is 0 Å². The van der Waals surface area contributed by atoms with Crippen molar-refractivity contribution in [3.05, 3.63) is 48.0 Å². The molecular formula is C31H40BN3O5. The van der Waals surface area contributed by atoms with Gasteiger partial charge in [-0.05, 0) is 72.3 Å². The topological polar surface area (TPSA) is 98.3 Å². The molecular weight excluding hydrogens is 505 g/mol. The van der Waals surface area contributed by atoms with E-state index in [0.717, 1.165) is 23.6 Å². The van der Waals surface area contributed by atoms with Gasteiger partial charge in [0.15, 0.2) is 0 Å². The first-order chi connectivity index (χ1) is 19.0. The van der Waals surface area contributed by atoms with E-state index in [2.05, 4.69) is 50.4 Å². The lowest BCUT2D eigenvalue weighted by Crippen LogP contribution is -2.65. The molecule has 6 atom stereocenters. The van der Waals surface area contributed by atoms with E-state index in [-0.39, 0.29) is 41.4 Å². The molecule has 7 rings (SSSR count). The first-order valence-corrected chi connectivity index (χ1v) is 14.7. The summed E-state index contributed by atoms with van der Waals surface area (Å²) >= 11 is 0. The van der Waals surface area contributed by atoms with E-state index in [0.29, 0.717) is 35.4 Å². The van der Waals surface area contributed by atoms with Crippen molar-refractivity contribution in [2.45, 2.75) is 84.1 Å². The molecule has 0 aromatic heterocycles. The molecule has 2 aliphatic heterocycles. The molecule has 0 radical (unpaired) electrons. The molecule has 2 aromatic rings. The average Bonchev–Trinajstić information content (AvgIpc) is 3.54. The molecule has 1 unspecified atom stereocenters. The minimum atomic E-state index is -0.742. The zero-order valence-corrected chi connectivity index (χ0v) is 24.1. The van der Waals surface area contributed by atoms with Crippen molar-refractivity contribution in [2.24, 2.45) is 28.3 Å². The Morgan fingerprint density at radius 3 is 2.62 bits per heavy atom. The Bertz CT molecular complexity index is 1350. The second-order valence-corrected chi connectivity index (χ2v) is 13.3. The number of nitrogens with zero attached hydrogens (tertiary/aromatic N) is 1. The smallest absolute Gasteiger partial charge is 0.404 e. The molecule has 0 spiro atoms. The van der Waals surface area contributed by atoms with Crippen LogP contribution in [0.25, 0.3) is 10.8 Å². The van der Waals surface area contributed by atoms with Crippen molar-refractivity contribution in [1.29, 1.82) is 0 Å². The van der Waals surface area contributed by atoms with Gasteiger partial charge in [-0.3, -0.25) is 9.59 Å². The van der Waals surface area contributed by atoms with Crippen molar-refractivity contribution in [3.8, 4) is 0 Å². The van der Waals surface area contributed by atoms with E-state index in [1.165, 1.54) is 6.42 Å². The molecule has 4 fully saturated rings. The third kappa shape index (κ3) is 4.81. The van der Waals surface area contributed by atoms with Crippen LogP contribution in [0.3, 0.4) is 0 Å². The Labute approximate surface area is 236 Å². The van der Waals surface area contributed by atoms with Crippen LogP contribution in [-0.4, -0.2) is 54.9 Å². The van der Waals surface area contributed by atoms with Crippen LogP contribution in [0.1, 0.15) is 70.7 Å². The Hall–Kier alpha value is -2.91. The van der Waals surface area contributed by atoms with Gasteiger partial charge in [-0.25, -0.2) is 0 Å². The number of benzene rings is 2. The molecule has 2 aromatic carbocycles. The molecule has 8 nitrogen and oxygen atoms in total. The van der Waals surface area contributed by atoms with Crippen LogP contribution < -0.4 is 10.6 Å². The van der Waals surface area contributed by atoms with Crippen molar-refractivity contribution in [2.75, 3.05) is 6.54 Å². The Kier molecular flexibility index (Phi) is 6.94. The van der Waals surface area contributed by atoms with Crippen molar-refractivity contribution >= 4 is 35.4 Å². The maximum Gasteiger partial charge on any atom is 0.481 e. The van der Waals surface area contributed by atoms with Crippen molar-refractivity contribution in [1.82, 2.24) is 10.6 Å². The quantitative estimate of drug-likeness (QED) is 0.476. The maximum absolute atomic E-state index is 13.3. The van der Waals surface area contributed by atoms with E-state index in [1.54, 1.807) is 0 Å². The summed E-state index contributed by atoms with van der Waals surface area (Å²) in [5.41, 5.74) is 1.14. The van der Waals surface area contributed by atoms with Crippen molar-refractivity contribution < 1.29 is 23.7 Å². The van der Waals surface area contributed by atoms with Crippen LogP contribution >= 0.6 is 0 Å². The van der Waals surface area contributed by atoms with E-state index in [1.807, 2.05) is 42.5 Å². The van der Waals surface area contributed by atoms with E-state index in [9.17, 15) is 9.59 Å². The third-order valence-corrected chi connectivity index (χ3v) is 9.84. The van der Waals surface area contributed by atoms with Gasteiger partial charge in [0.05, 0.1) is 29.9 Å². The zero-order chi connectivity index (χ0) is 28.2. The fourth-order valence-electron chi connectivity index (χ4n) is 7.38. The van der Waals surface area contributed by atoms with Gasteiger partial charge in [0, 0.05) is 12.0 Å². The minimum absolute atomic E-state index is 0.0599. The molecule has 2 N–H and O–H groups in total. The second-order valence-electron chi connectivity index (χ2n) is 13.3. The van der Waals surface area contributed by atoms with Crippen LogP contribution in [0.2, 0.25) is 0 Å². The van der Waals surface area contributed by atoms with Gasteiger partial charge >= 0.3 is 7.12 Å². The lowest BCUT2D eigenvalue weighted by atomic mass is 9.43. The normalized spacial score (nSPS) is 30.8. The van der Waals surface area contributed by atoms with Crippen LogP contribution in [0.4, 0.5) is 0 Å². The Morgan fingerprint density at radius 1 is 1.10 bits per heavy atom. The number of fused-ring (bicyclic) bond motifs is 1. The lowest BCUT2D eigenvalue weighted by molar-refractivity contribution is -0.199.